The van der Waals surface area contributed by atoms with Gasteiger partial charge in [0.25, 0.3) is 0 Å². The summed E-state index contributed by atoms with van der Waals surface area (Å²) in [5.74, 6) is 0.592. The molecule has 0 saturated heterocycles. The summed E-state index contributed by atoms with van der Waals surface area (Å²) in [5, 5.41) is 6.57. The average molecular weight is 349 g/mol. The van der Waals surface area contributed by atoms with E-state index in [9.17, 15) is 4.39 Å². The minimum absolute atomic E-state index is 0.251. The Balaban J connectivity index is 1.86. The molecule has 130 valence electrons. The summed E-state index contributed by atoms with van der Waals surface area (Å²) in [6.45, 7) is 4.72. The van der Waals surface area contributed by atoms with Gasteiger partial charge in [-0.25, -0.2) is 4.39 Å². The van der Waals surface area contributed by atoms with Crippen molar-refractivity contribution in [2.24, 2.45) is 4.99 Å². The number of nitrogens with zero attached hydrogens (tertiary/aromatic N) is 1. The average Bonchev–Trinajstić information content (AvgIpc) is 2.96. The first-order chi connectivity index (χ1) is 11.5. The van der Waals surface area contributed by atoms with Crippen molar-refractivity contribution in [2.75, 3.05) is 14.2 Å². The lowest BCUT2D eigenvalue weighted by Gasteiger charge is -2.17. The number of hydrogen-bond donors (Lipinski definition) is 2. The van der Waals surface area contributed by atoms with Crippen molar-refractivity contribution in [3.8, 4) is 5.75 Å². The van der Waals surface area contributed by atoms with E-state index in [1.807, 2.05) is 17.4 Å². The standard InChI is InChI=1S/C18H24FN3OS/c1-12(9-15-7-5-13(2)24-15)22-18(20-3)21-11-14-6-8-17(23-4)16(19)10-14/h5-8,10,12H,9,11H2,1-4H3,(H2,20,21,22). The van der Waals surface area contributed by atoms with Crippen molar-refractivity contribution in [3.63, 3.8) is 0 Å². The van der Waals surface area contributed by atoms with E-state index in [0.717, 1.165) is 12.0 Å². The Kier molecular flexibility index (Phi) is 6.61. The maximum atomic E-state index is 13.7. The number of aliphatic imine (C=N–C) groups is 1. The maximum Gasteiger partial charge on any atom is 0.191 e. The Morgan fingerprint density at radius 1 is 1.33 bits per heavy atom. The molecule has 6 heteroatoms. The van der Waals surface area contributed by atoms with Crippen molar-refractivity contribution in [1.82, 2.24) is 10.6 Å². The van der Waals surface area contributed by atoms with E-state index >= 15 is 0 Å². The van der Waals surface area contributed by atoms with Gasteiger partial charge in [-0.05, 0) is 43.7 Å². The molecule has 0 saturated carbocycles. The molecule has 4 nitrogen and oxygen atoms in total. The summed E-state index contributed by atoms with van der Waals surface area (Å²) < 4.78 is 18.6. The van der Waals surface area contributed by atoms with Crippen LogP contribution in [0.4, 0.5) is 4.39 Å². The number of hydrogen-bond acceptors (Lipinski definition) is 3. The molecule has 0 fully saturated rings. The topological polar surface area (TPSA) is 45.7 Å². The Labute approximate surface area is 146 Å². The highest BCUT2D eigenvalue weighted by molar-refractivity contribution is 7.11. The normalized spacial score (nSPS) is 12.8. The fraction of sp³-hybridized carbons (Fsp3) is 0.389. The zero-order chi connectivity index (χ0) is 17.5. The van der Waals surface area contributed by atoms with Gasteiger partial charge < -0.3 is 15.4 Å². The van der Waals surface area contributed by atoms with Gasteiger partial charge in [-0.2, -0.15) is 0 Å². The van der Waals surface area contributed by atoms with Crippen LogP contribution in [0.1, 0.15) is 22.2 Å². The van der Waals surface area contributed by atoms with Crippen LogP contribution in [-0.2, 0) is 13.0 Å². The third-order valence-electron chi connectivity index (χ3n) is 3.59. The summed E-state index contributed by atoms with van der Waals surface area (Å²) in [6.07, 6.45) is 0.941. The SMILES string of the molecule is CN=C(NCc1ccc(OC)c(F)c1)NC(C)Cc1ccc(C)s1. The molecule has 1 aromatic heterocycles. The summed E-state index contributed by atoms with van der Waals surface area (Å²) in [5.41, 5.74) is 0.831. The van der Waals surface area contributed by atoms with Gasteiger partial charge in [0.1, 0.15) is 0 Å². The Hall–Kier alpha value is -2.08. The summed E-state index contributed by atoms with van der Waals surface area (Å²) in [6, 6.07) is 9.48. The van der Waals surface area contributed by atoms with Gasteiger partial charge in [-0.15, -0.1) is 11.3 Å². The zero-order valence-corrected chi connectivity index (χ0v) is 15.3. The highest BCUT2D eigenvalue weighted by Crippen LogP contribution is 2.18. The van der Waals surface area contributed by atoms with Crippen molar-refractivity contribution < 1.29 is 9.13 Å². The van der Waals surface area contributed by atoms with Crippen molar-refractivity contribution in [1.29, 1.82) is 0 Å². The van der Waals surface area contributed by atoms with Gasteiger partial charge in [-0.1, -0.05) is 6.07 Å². The Bertz CT molecular complexity index is 699. The number of rotatable bonds is 6. The minimum Gasteiger partial charge on any atom is -0.494 e. The number of nitrogens with one attached hydrogen (secondary N) is 2. The lowest BCUT2D eigenvalue weighted by molar-refractivity contribution is 0.386. The number of ether oxygens (including phenoxy) is 1. The summed E-state index contributed by atoms with van der Waals surface area (Å²) in [4.78, 5) is 6.89. The van der Waals surface area contributed by atoms with Gasteiger partial charge in [0.2, 0.25) is 0 Å². The third-order valence-corrected chi connectivity index (χ3v) is 4.61. The molecule has 0 aliphatic rings. The van der Waals surface area contributed by atoms with Crippen molar-refractivity contribution in [3.05, 3.63) is 51.5 Å². The predicted molar refractivity (Wildman–Crippen MR) is 98.5 cm³/mol. The molecule has 1 aromatic carbocycles. The van der Waals surface area contributed by atoms with Crippen LogP contribution in [-0.4, -0.2) is 26.2 Å². The van der Waals surface area contributed by atoms with Crippen molar-refractivity contribution in [2.45, 2.75) is 32.9 Å². The Morgan fingerprint density at radius 2 is 2.12 bits per heavy atom. The molecule has 24 heavy (non-hydrogen) atoms. The van der Waals surface area contributed by atoms with E-state index < -0.39 is 0 Å². The lowest BCUT2D eigenvalue weighted by Crippen LogP contribution is -2.42. The molecule has 0 spiro atoms. The van der Waals surface area contributed by atoms with Crippen LogP contribution in [0.15, 0.2) is 35.3 Å². The smallest absolute Gasteiger partial charge is 0.191 e. The molecule has 0 aliphatic carbocycles. The molecule has 1 unspecified atom stereocenters. The molecule has 2 N–H and O–H groups in total. The highest BCUT2D eigenvalue weighted by atomic mass is 32.1. The molecule has 1 heterocycles. The van der Waals surface area contributed by atoms with Crippen LogP contribution in [0.2, 0.25) is 0 Å². The quantitative estimate of drug-likeness (QED) is 0.620. The second-order valence-electron chi connectivity index (χ2n) is 5.66. The van der Waals surface area contributed by atoms with Crippen LogP contribution in [0, 0.1) is 12.7 Å². The monoisotopic (exact) mass is 349 g/mol. The fourth-order valence-electron chi connectivity index (χ4n) is 2.38. The maximum absolute atomic E-state index is 13.7. The molecule has 0 amide bonds. The van der Waals surface area contributed by atoms with E-state index in [1.54, 1.807) is 13.1 Å². The molecular weight excluding hydrogens is 325 g/mol. The molecule has 0 radical (unpaired) electrons. The Morgan fingerprint density at radius 3 is 2.71 bits per heavy atom. The number of halogens is 1. The van der Waals surface area contributed by atoms with E-state index in [2.05, 4.69) is 41.6 Å². The van der Waals surface area contributed by atoms with Crippen LogP contribution in [0.3, 0.4) is 0 Å². The van der Waals surface area contributed by atoms with Crippen molar-refractivity contribution >= 4 is 17.3 Å². The number of guanidine groups is 1. The second-order valence-corrected chi connectivity index (χ2v) is 7.03. The molecular formula is C18H24FN3OS. The number of benzene rings is 1. The molecule has 0 bridgehead atoms. The minimum atomic E-state index is -0.360. The van der Waals surface area contributed by atoms with Crippen LogP contribution >= 0.6 is 11.3 Å². The van der Waals surface area contributed by atoms with Gasteiger partial charge in [-0.3, -0.25) is 4.99 Å². The van der Waals surface area contributed by atoms with Gasteiger partial charge in [0.05, 0.1) is 7.11 Å². The number of thiophene rings is 1. The molecule has 2 aromatic rings. The van der Waals surface area contributed by atoms with Gasteiger partial charge in [0, 0.05) is 35.8 Å². The third kappa shape index (κ3) is 5.23. The first kappa shape index (κ1) is 18.3. The largest absolute Gasteiger partial charge is 0.494 e. The summed E-state index contributed by atoms with van der Waals surface area (Å²) in [7, 11) is 3.19. The van der Waals surface area contributed by atoms with E-state index in [0.29, 0.717) is 12.5 Å². The molecule has 0 aliphatic heterocycles. The highest BCUT2D eigenvalue weighted by Gasteiger charge is 2.09. The van der Waals surface area contributed by atoms with Crippen LogP contribution in [0.25, 0.3) is 0 Å². The second kappa shape index (κ2) is 8.68. The number of aryl methyl sites for hydroxylation is 1. The van der Waals surface area contributed by atoms with Crippen LogP contribution < -0.4 is 15.4 Å². The zero-order valence-electron chi connectivity index (χ0n) is 14.5. The lowest BCUT2D eigenvalue weighted by atomic mass is 10.2. The van der Waals surface area contributed by atoms with Gasteiger partial charge >= 0.3 is 0 Å². The molecule has 1 atom stereocenters. The van der Waals surface area contributed by atoms with E-state index in [1.165, 1.54) is 22.9 Å². The van der Waals surface area contributed by atoms with Crippen LogP contribution in [0.5, 0.6) is 5.75 Å². The first-order valence-electron chi connectivity index (χ1n) is 7.86. The predicted octanol–water partition coefficient (Wildman–Crippen LogP) is 3.50. The fourth-order valence-corrected chi connectivity index (χ4v) is 3.40. The van der Waals surface area contributed by atoms with Gasteiger partial charge in [0.15, 0.2) is 17.5 Å². The molecule has 2 rings (SSSR count). The van der Waals surface area contributed by atoms with E-state index in [4.69, 9.17) is 4.74 Å². The van der Waals surface area contributed by atoms with E-state index in [-0.39, 0.29) is 17.6 Å². The first-order valence-corrected chi connectivity index (χ1v) is 8.68. The summed E-state index contributed by atoms with van der Waals surface area (Å²) >= 11 is 1.81. The number of methoxy groups -OCH3 is 1.